The Hall–Kier alpha value is -1.09. The van der Waals surface area contributed by atoms with Crippen molar-refractivity contribution in [3.05, 3.63) is 16.3 Å². The summed E-state index contributed by atoms with van der Waals surface area (Å²) in [7, 11) is 1.69. The van der Waals surface area contributed by atoms with E-state index in [1.54, 1.807) is 11.6 Å². The second-order valence-electron chi connectivity index (χ2n) is 6.60. The van der Waals surface area contributed by atoms with Crippen LogP contribution < -0.4 is 11.0 Å². The first-order chi connectivity index (χ1) is 11.6. The molecular formula is C16H29Cl2N5O3. The number of carbonyl (C=O) groups excluding carboxylic acids is 1. The zero-order valence-corrected chi connectivity index (χ0v) is 17.0. The zero-order chi connectivity index (χ0) is 17.1. The number of rotatable bonds is 4. The number of hydrogen-bond acceptors (Lipinski definition) is 5. The lowest BCUT2D eigenvalue weighted by Crippen LogP contribution is -2.51. The molecule has 1 aromatic heterocycles. The lowest BCUT2D eigenvalue weighted by Gasteiger charge is -2.35. The summed E-state index contributed by atoms with van der Waals surface area (Å²) >= 11 is 0. The maximum absolute atomic E-state index is 12.5. The number of likely N-dealkylation sites (tertiary alicyclic amines) is 1. The van der Waals surface area contributed by atoms with Crippen LogP contribution in [0.15, 0.2) is 4.79 Å². The van der Waals surface area contributed by atoms with E-state index in [1.165, 1.54) is 4.68 Å². The summed E-state index contributed by atoms with van der Waals surface area (Å²) < 4.78 is 8.70. The van der Waals surface area contributed by atoms with Crippen LogP contribution in [0.2, 0.25) is 0 Å². The van der Waals surface area contributed by atoms with Gasteiger partial charge in [0.25, 0.3) is 5.91 Å². The molecule has 150 valence electrons. The van der Waals surface area contributed by atoms with Gasteiger partial charge in [-0.15, -0.1) is 24.8 Å². The fourth-order valence-corrected chi connectivity index (χ4v) is 3.57. The van der Waals surface area contributed by atoms with Crippen LogP contribution in [0.3, 0.4) is 0 Å². The molecule has 10 heteroatoms. The number of hydrogen-bond donors (Lipinski definition) is 1. The SMILES string of the molecule is CCn1c(CC2CCN(C(=O)C3CNCCO3)CC2)nn(C)c1=O.Cl.Cl. The molecule has 1 N–H and O–H groups in total. The fraction of sp³-hybridized carbons (Fsp3) is 0.812. The van der Waals surface area contributed by atoms with Crippen LogP contribution in [0.1, 0.15) is 25.6 Å². The van der Waals surface area contributed by atoms with Gasteiger partial charge in [0.1, 0.15) is 11.9 Å². The van der Waals surface area contributed by atoms with E-state index in [9.17, 15) is 9.59 Å². The molecule has 0 aromatic carbocycles. The van der Waals surface area contributed by atoms with Gasteiger partial charge in [0.05, 0.1) is 6.61 Å². The highest BCUT2D eigenvalue weighted by Crippen LogP contribution is 2.21. The van der Waals surface area contributed by atoms with E-state index in [-0.39, 0.29) is 42.5 Å². The van der Waals surface area contributed by atoms with E-state index in [0.29, 0.717) is 25.6 Å². The molecule has 2 saturated heterocycles. The molecule has 0 radical (unpaired) electrons. The zero-order valence-electron chi connectivity index (χ0n) is 15.3. The van der Waals surface area contributed by atoms with E-state index in [1.807, 2.05) is 11.8 Å². The number of nitrogens with one attached hydrogen (secondary N) is 1. The Bertz CT molecular complexity index is 634. The summed E-state index contributed by atoms with van der Waals surface area (Å²) in [6.07, 6.45) is 2.35. The predicted octanol–water partition coefficient (Wildman–Crippen LogP) is 0.215. The van der Waals surface area contributed by atoms with Crippen LogP contribution in [0.25, 0.3) is 0 Å². The van der Waals surface area contributed by atoms with Crippen LogP contribution >= 0.6 is 24.8 Å². The number of morpholine rings is 1. The summed E-state index contributed by atoms with van der Waals surface area (Å²) in [5.74, 6) is 1.42. The summed E-state index contributed by atoms with van der Waals surface area (Å²) in [6.45, 7) is 6.14. The maximum atomic E-state index is 12.5. The van der Waals surface area contributed by atoms with Crippen LogP contribution in [0.4, 0.5) is 0 Å². The molecule has 0 bridgehead atoms. The Kier molecular flexibility index (Phi) is 9.09. The van der Waals surface area contributed by atoms with Crippen LogP contribution in [-0.2, 0) is 29.5 Å². The topological polar surface area (TPSA) is 81.4 Å². The molecule has 0 saturated carbocycles. The van der Waals surface area contributed by atoms with Gasteiger partial charge in [-0.25, -0.2) is 9.48 Å². The Balaban J connectivity index is 0.00000169. The molecule has 2 aliphatic rings. The highest BCUT2D eigenvalue weighted by molar-refractivity contribution is 5.85. The van der Waals surface area contributed by atoms with E-state index in [0.717, 1.165) is 44.7 Å². The quantitative estimate of drug-likeness (QED) is 0.768. The molecule has 1 atom stereocenters. The highest BCUT2D eigenvalue weighted by atomic mass is 35.5. The number of amides is 1. The lowest BCUT2D eigenvalue weighted by molar-refractivity contribution is -0.146. The normalized spacial score (nSPS) is 21.0. The lowest BCUT2D eigenvalue weighted by atomic mass is 9.93. The van der Waals surface area contributed by atoms with Crippen LogP contribution in [-0.4, -0.2) is 64.0 Å². The van der Waals surface area contributed by atoms with Gasteiger partial charge in [-0.05, 0) is 25.7 Å². The average Bonchev–Trinajstić information content (AvgIpc) is 2.89. The minimum absolute atomic E-state index is 0. The summed E-state index contributed by atoms with van der Waals surface area (Å²) in [5, 5.41) is 7.56. The van der Waals surface area contributed by atoms with Gasteiger partial charge >= 0.3 is 5.69 Å². The van der Waals surface area contributed by atoms with Crippen molar-refractivity contribution < 1.29 is 9.53 Å². The van der Waals surface area contributed by atoms with E-state index >= 15 is 0 Å². The van der Waals surface area contributed by atoms with Crippen molar-refractivity contribution in [1.29, 1.82) is 0 Å². The Morgan fingerprint density at radius 3 is 2.58 bits per heavy atom. The van der Waals surface area contributed by atoms with Crippen molar-refractivity contribution in [1.82, 2.24) is 24.6 Å². The molecule has 3 heterocycles. The Morgan fingerprint density at radius 1 is 1.31 bits per heavy atom. The molecule has 1 unspecified atom stereocenters. The molecule has 2 fully saturated rings. The van der Waals surface area contributed by atoms with Gasteiger partial charge in [0.15, 0.2) is 0 Å². The second kappa shape index (κ2) is 10.3. The van der Waals surface area contributed by atoms with E-state index in [4.69, 9.17) is 4.74 Å². The van der Waals surface area contributed by atoms with Crippen molar-refractivity contribution >= 4 is 30.7 Å². The average molecular weight is 410 g/mol. The molecule has 2 aliphatic heterocycles. The third kappa shape index (κ3) is 5.00. The van der Waals surface area contributed by atoms with Crippen molar-refractivity contribution in [2.24, 2.45) is 13.0 Å². The number of aryl methyl sites for hydroxylation is 1. The number of aromatic nitrogens is 3. The Morgan fingerprint density at radius 2 is 2.00 bits per heavy atom. The van der Waals surface area contributed by atoms with E-state index in [2.05, 4.69) is 10.4 Å². The summed E-state index contributed by atoms with van der Waals surface area (Å²) in [5.41, 5.74) is -0.0536. The Labute approximate surface area is 166 Å². The largest absolute Gasteiger partial charge is 0.366 e. The molecule has 3 rings (SSSR count). The second-order valence-corrected chi connectivity index (χ2v) is 6.60. The first kappa shape index (κ1) is 23.0. The molecule has 26 heavy (non-hydrogen) atoms. The molecule has 1 aromatic rings. The molecular weight excluding hydrogens is 381 g/mol. The standard InChI is InChI=1S/C16H27N5O3.2ClH/c1-3-21-14(18-19(2)16(21)23)10-12-4-7-20(8-5-12)15(22)13-11-17-6-9-24-13;;/h12-13,17H,3-11H2,1-2H3;2*1H. The van der Waals surface area contributed by atoms with E-state index < -0.39 is 0 Å². The van der Waals surface area contributed by atoms with Gasteiger partial charge in [0, 0.05) is 46.2 Å². The summed E-state index contributed by atoms with van der Waals surface area (Å²) in [6, 6.07) is 0. The number of carbonyl (C=O) groups is 1. The van der Waals surface area contributed by atoms with Crippen LogP contribution in [0.5, 0.6) is 0 Å². The highest BCUT2D eigenvalue weighted by Gasteiger charge is 2.30. The van der Waals surface area contributed by atoms with Crippen LogP contribution in [0, 0.1) is 5.92 Å². The van der Waals surface area contributed by atoms with Gasteiger partial charge in [0.2, 0.25) is 0 Å². The number of halogens is 2. The third-order valence-electron chi connectivity index (χ3n) is 5.00. The van der Waals surface area contributed by atoms with Crippen molar-refractivity contribution in [2.45, 2.75) is 38.8 Å². The minimum atomic E-state index is -0.337. The fourth-order valence-electron chi connectivity index (χ4n) is 3.57. The smallest absolute Gasteiger partial charge is 0.345 e. The first-order valence-electron chi connectivity index (χ1n) is 8.84. The van der Waals surface area contributed by atoms with Crippen molar-refractivity contribution in [2.75, 3.05) is 32.8 Å². The monoisotopic (exact) mass is 409 g/mol. The maximum Gasteiger partial charge on any atom is 0.345 e. The number of nitrogens with zero attached hydrogens (tertiary/aromatic N) is 4. The number of ether oxygens (including phenoxy) is 1. The van der Waals surface area contributed by atoms with Gasteiger partial charge < -0.3 is 15.0 Å². The molecule has 1 amide bonds. The van der Waals surface area contributed by atoms with Gasteiger partial charge in [-0.2, -0.15) is 5.10 Å². The minimum Gasteiger partial charge on any atom is -0.366 e. The first-order valence-corrected chi connectivity index (χ1v) is 8.84. The van der Waals surface area contributed by atoms with Gasteiger partial charge in [-0.3, -0.25) is 9.36 Å². The molecule has 8 nitrogen and oxygen atoms in total. The predicted molar refractivity (Wildman–Crippen MR) is 103 cm³/mol. The summed E-state index contributed by atoms with van der Waals surface area (Å²) in [4.78, 5) is 26.4. The van der Waals surface area contributed by atoms with Crippen molar-refractivity contribution in [3.63, 3.8) is 0 Å². The third-order valence-corrected chi connectivity index (χ3v) is 5.00. The molecule has 0 aliphatic carbocycles. The van der Waals surface area contributed by atoms with Crippen molar-refractivity contribution in [3.8, 4) is 0 Å². The van der Waals surface area contributed by atoms with Gasteiger partial charge in [-0.1, -0.05) is 0 Å². The molecule has 0 spiro atoms. The number of piperidine rings is 1.